The summed E-state index contributed by atoms with van der Waals surface area (Å²) in [4.78, 5) is 29.6. The molecule has 166 valence electrons. The van der Waals surface area contributed by atoms with Crippen LogP contribution < -0.4 is 10.9 Å². The second kappa shape index (κ2) is 10.3. The summed E-state index contributed by atoms with van der Waals surface area (Å²) in [6.45, 7) is 8.39. The zero-order valence-electron chi connectivity index (χ0n) is 18.5. The van der Waals surface area contributed by atoms with Crippen molar-refractivity contribution in [3.05, 3.63) is 44.8 Å². The van der Waals surface area contributed by atoms with Crippen molar-refractivity contribution in [2.24, 2.45) is 0 Å². The fraction of sp³-hybridized carbons (Fsp3) is 0.565. The van der Waals surface area contributed by atoms with Crippen LogP contribution in [-0.2, 0) is 6.42 Å². The molecule has 7 nitrogen and oxygen atoms in total. The fourth-order valence-corrected chi connectivity index (χ4v) is 5.08. The second-order valence-corrected chi connectivity index (χ2v) is 9.14. The van der Waals surface area contributed by atoms with E-state index in [1.54, 1.807) is 17.5 Å². The van der Waals surface area contributed by atoms with Crippen molar-refractivity contribution >= 4 is 28.3 Å². The highest BCUT2D eigenvalue weighted by Crippen LogP contribution is 2.31. The van der Waals surface area contributed by atoms with Crippen LogP contribution in [0.3, 0.4) is 0 Å². The maximum absolute atomic E-state index is 13.5. The molecular formula is C23H32N6OS. The number of aromatic nitrogens is 4. The lowest BCUT2D eigenvalue weighted by atomic mass is 10.1. The molecule has 0 atom stereocenters. The first kappa shape index (κ1) is 21.9. The Morgan fingerprint density at radius 2 is 2.03 bits per heavy atom. The number of hydrogen-bond donors (Lipinski definition) is 1. The second-order valence-electron chi connectivity index (χ2n) is 8.17. The van der Waals surface area contributed by atoms with Gasteiger partial charge in [0.2, 0.25) is 5.95 Å². The van der Waals surface area contributed by atoms with Gasteiger partial charge in [0.15, 0.2) is 0 Å². The van der Waals surface area contributed by atoms with Gasteiger partial charge in [-0.1, -0.05) is 26.7 Å². The lowest BCUT2D eigenvalue weighted by Crippen LogP contribution is -2.28. The smallest absolute Gasteiger partial charge is 0.256 e. The third-order valence-corrected chi connectivity index (χ3v) is 6.97. The Morgan fingerprint density at radius 3 is 2.74 bits per heavy atom. The van der Waals surface area contributed by atoms with E-state index in [1.165, 1.54) is 0 Å². The molecule has 4 rings (SSSR count). The zero-order chi connectivity index (χ0) is 21.6. The Bertz CT molecular complexity index is 1040. The van der Waals surface area contributed by atoms with Gasteiger partial charge in [-0.2, -0.15) is 4.98 Å². The van der Waals surface area contributed by atoms with Crippen molar-refractivity contribution in [1.29, 1.82) is 0 Å². The fourth-order valence-electron chi connectivity index (χ4n) is 4.44. The number of anilines is 1. The quantitative estimate of drug-likeness (QED) is 0.479. The molecule has 1 fully saturated rings. The van der Waals surface area contributed by atoms with E-state index in [-0.39, 0.29) is 11.6 Å². The molecule has 1 N–H and O–H groups in total. The van der Waals surface area contributed by atoms with Gasteiger partial charge in [0.05, 0.1) is 5.01 Å². The van der Waals surface area contributed by atoms with Crippen LogP contribution in [0.15, 0.2) is 28.6 Å². The zero-order valence-corrected chi connectivity index (χ0v) is 19.3. The summed E-state index contributed by atoms with van der Waals surface area (Å²) in [5, 5.41) is 7.19. The first-order valence-corrected chi connectivity index (χ1v) is 12.3. The first-order chi connectivity index (χ1) is 15.2. The molecule has 0 aliphatic heterocycles. The summed E-state index contributed by atoms with van der Waals surface area (Å²) in [5.41, 5.74) is 1.60. The van der Waals surface area contributed by atoms with Gasteiger partial charge in [0, 0.05) is 47.7 Å². The maximum Gasteiger partial charge on any atom is 0.256 e. The highest BCUT2D eigenvalue weighted by Gasteiger charge is 2.23. The number of hydrogen-bond acceptors (Lipinski definition) is 7. The van der Waals surface area contributed by atoms with Crippen LogP contribution in [0.1, 0.15) is 62.6 Å². The van der Waals surface area contributed by atoms with Crippen molar-refractivity contribution in [3.8, 4) is 0 Å². The van der Waals surface area contributed by atoms with E-state index in [0.717, 1.165) is 79.9 Å². The minimum absolute atomic E-state index is 0.0702. The molecule has 3 aromatic heterocycles. The molecule has 0 radical (unpaired) electrons. The van der Waals surface area contributed by atoms with Gasteiger partial charge in [0.25, 0.3) is 5.56 Å². The standard InChI is InChI=1S/C23H32N6OS/c1-3-28(4-2)12-7-10-25-23-26-16-18-14-17(15-20-24-11-13-31-20)22(30)29(21(18)27-23)19-8-5-6-9-19/h11,13-14,16,19H,3-10,12,15H2,1-2H3,(H,25,26,27). The minimum atomic E-state index is 0.0702. The Balaban J connectivity index is 1.61. The van der Waals surface area contributed by atoms with E-state index >= 15 is 0 Å². The van der Waals surface area contributed by atoms with E-state index in [1.807, 2.05) is 22.2 Å². The molecule has 0 saturated heterocycles. The molecule has 0 spiro atoms. The molecule has 3 aromatic rings. The summed E-state index contributed by atoms with van der Waals surface area (Å²) in [6, 6.07) is 2.17. The van der Waals surface area contributed by atoms with Crippen LogP contribution in [0.4, 0.5) is 5.95 Å². The van der Waals surface area contributed by atoms with Gasteiger partial charge in [0.1, 0.15) is 5.65 Å². The molecule has 8 heteroatoms. The molecule has 0 unspecified atom stereocenters. The first-order valence-electron chi connectivity index (χ1n) is 11.4. The Labute approximate surface area is 187 Å². The predicted octanol–water partition coefficient (Wildman–Crippen LogP) is 4.10. The van der Waals surface area contributed by atoms with Crippen molar-refractivity contribution < 1.29 is 0 Å². The van der Waals surface area contributed by atoms with Gasteiger partial charge in [-0.25, -0.2) is 9.97 Å². The van der Waals surface area contributed by atoms with Crippen molar-refractivity contribution in [2.45, 2.75) is 58.4 Å². The summed E-state index contributed by atoms with van der Waals surface area (Å²) in [5.74, 6) is 0.603. The number of fused-ring (bicyclic) bond motifs is 1. The monoisotopic (exact) mass is 440 g/mol. The topological polar surface area (TPSA) is 75.9 Å². The minimum Gasteiger partial charge on any atom is -0.354 e. The predicted molar refractivity (Wildman–Crippen MR) is 127 cm³/mol. The highest BCUT2D eigenvalue weighted by molar-refractivity contribution is 7.09. The number of nitrogens with zero attached hydrogens (tertiary/aromatic N) is 5. The van der Waals surface area contributed by atoms with Crippen LogP contribution in [0.2, 0.25) is 0 Å². The average Bonchev–Trinajstić information content (AvgIpc) is 3.49. The lowest BCUT2D eigenvalue weighted by molar-refractivity contribution is 0.303. The molecule has 31 heavy (non-hydrogen) atoms. The summed E-state index contributed by atoms with van der Waals surface area (Å²) in [6.07, 6.45) is 9.63. The lowest BCUT2D eigenvalue weighted by Gasteiger charge is -2.19. The van der Waals surface area contributed by atoms with E-state index in [9.17, 15) is 4.79 Å². The average molecular weight is 441 g/mol. The Morgan fingerprint density at radius 1 is 1.23 bits per heavy atom. The van der Waals surface area contributed by atoms with Gasteiger partial charge >= 0.3 is 0 Å². The molecule has 1 aliphatic carbocycles. The Hall–Kier alpha value is -2.32. The molecule has 1 saturated carbocycles. The SMILES string of the molecule is CCN(CC)CCCNc1ncc2cc(Cc3nccs3)c(=O)n(C3CCCC3)c2n1. The molecule has 0 amide bonds. The molecule has 0 aromatic carbocycles. The van der Waals surface area contributed by atoms with Gasteiger partial charge in [-0.05, 0) is 45.0 Å². The van der Waals surface area contributed by atoms with Crippen LogP contribution in [0.5, 0.6) is 0 Å². The number of nitrogens with one attached hydrogen (secondary N) is 1. The molecular weight excluding hydrogens is 408 g/mol. The van der Waals surface area contributed by atoms with Crippen molar-refractivity contribution in [3.63, 3.8) is 0 Å². The van der Waals surface area contributed by atoms with Gasteiger partial charge < -0.3 is 10.2 Å². The number of thiazole rings is 1. The van der Waals surface area contributed by atoms with Crippen LogP contribution in [-0.4, -0.2) is 50.6 Å². The third-order valence-electron chi connectivity index (χ3n) is 6.19. The third kappa shape index (κ3) is 5.13. The van der Waals surface area contributed by atoms with E-state index < -0.39 is 0 Å². The Kier molecular flexibility index (Phi) is 7.29. The van der Waals surface area contributed by atoms with E-state index in [0.29, 0.717) is 12.4 Å². The van der Waals surface area contributed by atoms with E-state index in [4.69, 9.17) is 4.98 Å². The van der Waals surface area contributed by atoms with Crippen molar-refractivity contribution in [2.75, 3.05) is 31.5 Å². The van der Waals surface area contributed by atoms with Crippen LogP contribution in [0, 0.1) is 0 Å². The summed E-state index contributed by atoms with van der Waals surface area (Å²) in [7, 11) is 0. The van der Waals surface area contributed by atoms with E-state index in [2.05, 4.69) is 34.0 Å². The summed E-state index contributed by atoms with van der Waals surface area (Å²) >= 11 is 1.58. The number of rotatable bonds is 10. The van der Waals surface area contributed by atoms with Crippen LogP contribution in [0.25, 0.3) is 11.0 Å². The van der Waals surface area contributed by atoms with Crippen molar-refractivity contribution in [1.82, 2.24) is 24.4 Å². The van der Waals surface area contributed by atoms with Gasteiger partial charge in [-0.3, -0.25) is 9.36 Å². The normalized spacial score (nSPS) is 14.7. The van der Waals surface area contributed by atoms with Crippen LogP contribution >= 0.6 is 11.3 Å². The molecule has 3 heterocycles. The maximum atomic E-state index is 13.5. The summed E-state index contributed by atoms with van der Waals surface area (Å²) < 4.78 is 1.94. The highest BCUT2D eigenvalue weighted by atomic mass is 32.1. The number of pyridine rings is 1. The van der Waals surface area contributed by atoms with Gasteiger partial charge in [-0.15, -0.1) is 11.3 Å². The largest absolute Gasteiger partial charge is 0.354 e. The molecule has 1 aliphatic rings. The molecule has 0 bridgehead atoms.